The largest absolute Gasteiger partial charge is 0.382 e. The molecule has 0 aliphatic carbocycles. The van der Waals surface area contributed by atoms with E-state index in [9.17, 15) is 0 Å². The lowest BCUT2D eigenvalue weighted by Crippen LogP contribution is -2.51. The molecule has 0 aromatic rings. The summed E-state index contributed by atoms with van der Waals surface area (Å²) < 4.78 is 26.6. The number of hydrogen-bond acceptors (Lipinski definition) is 5. The predicted octanol–water partition coefficient (Wildman–Crippen LogP) is -0.214. The first-order valence-corrected chi connectivity index (χ1v) is 4.67. The highest BCUT2D eigenvalue weighted by molar-refractivity contribution is 4.99. The van der Waals surface area contributed by atoms with E-state index in [1.807, 2.05) is 0 Å². The van der Waals surface area contributed by atoms with E-state index >= 15 is 0 Å². The second kappa shape index (κ2) is 4.12. The van der Waals surface area contributed by atoms with Crippen molar-refractivity contribution >= 4 is 0 Å². The van der Waals surface area contributed by atoms with Crippen LogP contribution in [0.25, 0.3) is 0 Å². The molecule has 2 saturated heterocycles. The van der Waals surface area contributed by atoms with Crippen molar-refractivity contribution in [2.24, 2.45) is 0 Å². The molecular formula is C9H16O5. The van der Waals surface area contributed by atoms with Crippen LogP contribution >= 0.6 is 0 Å². The van der Waals surface area contributed by atoms with Gasteiger partial charge in [-0.05, 0) is 0 Å². The Labute approximate surface area is 83.2 Å². The maximum absolute atomic E-state index is 5.58. The van der Waals surface area contributed by atoms with Crippen LogP contribution in [-0.2, 0) is 23.7 Å². The van der Waals surface area contributed by atoms with Crippen LogP contribution in [0.1, 0.15) is 0 Å². The molecule has 0 bridgehead atoms. The maximum Gasteiger partial charge on any atom is 0.187 e. The van der Waals surface area contributed by atoms with E-state index in [2.05, 4.69) is 0 Å². The molecule has 2 heterocycles. The second-order valence-electron chi connectivity index (χ2n) is 3.50. The lowest BCUT2D eigenvalue weighted by Gasteiger charge is -2.33. The molecule has 0 amide bonds. The van der Waals surface area contributed by atoms with Crippen LogP contribution in [0, 0.1) is 0 Å². The Morgan fingerprint density at radius 1 is 1.00 bits per heavy atom. The molecule has 14 heavy (non-hydrogen) atoms. The fourth-order valence-corrected chi connectivity index (χ4v) is 1.95. The number of hydrogen-bond donors (Lipinski definition) is 0. The van der Waals surface area contributed by atoms with Crippen molar-refractivity contribution in [2.75, 3.05) is 27.9 Å². The fourth-order valence-electron chi connectivity index (χ4n) is 1.95. The first kappa shape index (κ1) is 10.3. The zero-order valence-electron chi connectivity index (χ0n) is 8.64. The Kier molecular flexibility index (Phi) is 3.04. The lowest BCUT2D eigenvalue weighted by molar-refractivity contribution is -0.166. The monoisotopic (exact) mass is 204 g/mol. The summed E-state index contributed by atoms with van der Waals surface area (Å²) in [4.78, 5) is 0. The first-order valence-electron chi connectivity index (χ1n) is 4.67. The van der Waals surface area contributed by atoms with Crippen LogP contribution < -0.4 is 0 Å². The average Bonchev–Trinajstić information content (AvgIpc) is 2.94. The van der Waals surface area contributed by atoms with E-state index in [1.54, 1.807) is 21.3 Å². The van der Waals surface area contributed by atoms with Crippen molar-refractivity contribution < 1.29 is 23.7 Å². The molecule has 2 aliphatic heterocycles. The minimum absolute atomic E-state index is 0.0260. The van der Waals surface area contributed by atoms with E-state index < -0.39 is 0 Å². The van der Waals surface area contributed by atoms with E-state index in [0.29, 0.717) is 6.61 Å². The van der Waals surface area contributed by atoms with Gasteiger partial charge >= 0.3 is 0 Å². The summed E-state index contributed by atoms with van der Waals surface area (Å²) in [6, 6.07) is 0. The summed E-state index contributed by atoms with van der Waals surface area (Å²) in [5.41, 5.74) is 0. The van der Waals surface area contributed by atoms with Gasteiger partial charge in [-0.2, -0.15) is 0 Å². The molecule has 0 aromatic heterocycles. The van der Waals surface area contributed by atoms with Crippen LogP contribution in [0.5, 0.6) is 0 Å². The summed E-state index contributed by atoms with van der Waals surface area (Å²) in [7, 11) is 4.94. The molecule has 2 aliphatic rings. The van der Waals surface area contributed by atoms with Gasteiger partial charge in [-0.1, -0.05) is 0 Å². The van der Waals surface area contributed by atoms with Crippen molar-refractivity contribution in [3.8, 4) is 0 Å². The third kappa shape index (κ3) is 1.66. The van der Waals surface area contributed by atoms with Gasteiger partial charge in [0.2, 0.25) is 0 Å². The van der Waals surface area contributed by atoms with Crippen LogP contribution in [0.3, 0.4) is 0 Å². The highest BCUT2D eigenvalue weighted by atomic mass is 16.8. The molecule has 0 radical (unpaired) electrons. The summed E-state index contributed by atoms with van der Waals surface area (Å²) in [6.07, 6.45) is -0.397. The molecule has 0 saturated carbocycles. The molecule has 5 heteroatoms. The molecule has 5 nitrogen and oxygen atoms in total. The highest BCUT2D eigenvalue weighted by Gasteiger charge is 2.57. The maximum atomic E-state index is 5.58. The zero-order chi connectivity index (χ0) is 10.1. The highest BCUT2D eigenvalue weighted by Crippen LogP contribution is 2.38. The van der Waals surface area contributed by atoms with Gasteiger partial charge in [0, 0.05) is 21.3 Å². The zero-order valence-corrected chi connectivity index (χ0v) is 8.64. The van der Waals surface area contributed by atoms with Crippen LogP contribution in [0.4, 0.5) is 0 Å². The first-order chi connectivity index (χ1) is 6.81. The normalized spacial score (nSPS) is 46.1. The van der Waals surface area contributed by atoms with Gasteiger partial charge in [0.25, 0.3) is 0 Å². The Bertz CT molecular complexity index is 198. The molecule has 5 atom stereocenters. The Hall–Kier alpha value is -0.200. The summed E-state index contributed by atoms with van der Waals surface area (Å²) >= 11 is 0. The lowest BCUT2D eigenvalue weighted by atomic mass is 10.0. The molecule has 2 fully saturated rings. The predicted molar refractivity (Wildman–Crippen MR) is 47.0 cm³/mol. The number of rotatable bonds is 4. The third-order valence-corrected chi connectivity index (χ3v) is 2.68. The van der Waals surface area contributed by atoms with Gasteiger partial charge in [-0.15, -0.1) is 0 Å². The second-order valence-corrected chi connectivity index (χ2v) is 3.50. The van der Waals surface area contributed by atoms with Gasteiger partial charge in [0.1, 0.15) is 24.4 Å². The summed E-state index contributed by atoms with van der Waals surface area (Å²) in [5, 5.41) is 0. The Morgan fingerprint density at radius 2 is 1.71 bits per heavy atom. The van der Waals surface area contributed by atoms with E-state index in [0.717, 1.165) is 0 Å². The number of methoxy groups -OCH3 is 3. The van der Waals surface area contributed by atoms with Gasteiger partial charge in [0.05, 0.1) is 6.61 Å². The minimum atomic E-state index is -0.133. The molecule has 82 valence electrons. The van der Waals surface area contributed by atoms with E-state index in [4.69, 9.17) is 23.7 Å². The van der Waals surface area contributed by atoms with E-state index in [1.165, 1.54) is 0 Å². The quantitative estimate of drug-likeness (QED) is 0.593. The van der Waals surface area contributed by atoms with Crippen molar-refractivity contribution in [2.45, 2.75) is 30.7 Å². The van der Waals surface area contributed by atoms with Crippen LogP contribution in [0.2, 0.25) is 0 Å². The fraction of sp³-hybridized carbons (Fsp3) is 1.00. The molecule has 0 unspecified atom stereocenters. The van der Waals surface area contributed by atoms with Crippen LogP contribution in [0.15, 0.2) is 0 Å². The summed E-state index contributed by atoms with van der Waals surface area (Å²) in [6.45, 7) is 0.491. The minimum Gasteiger partial charge on any atom is -0.382 e. The van der Waals surface area contributed by atoms with Crippen molar-refractivity contribution in [1.82, 2.24) is 0 Å². The van der Waals surface area contributed by atoms with Crippen LogP contribution in [-0.4, -0.2) is 58.6 Å². The smallest absolute Gasteiger partial charge is 0.187 e. The molecular weight excluding hydrogens is 188 g/mol. The third-order valence-electron chi connectivity index (χ3n) is 2.68. The van der Waals surface area contributed by atoms with Gasteiger partial charge in [-0.3, -0.25) is 0 Å². The topological polar surface area (TPSA) is 49.5 Å². The molecule has 0 spiro atoms. The standard InChI is InChI=1S/C9H16O5/c1-10-4-5-6(11-2)7(12-3)8-9(13-5)14-8/h5-9H,4H2,1-3H3/t5-,6-,7+,8+,9-/m1/s1. The Balaban J connectivity index is 2.02. The van der Waals surface area contributed by atoms with Gasteiger partial charge in [-0.25, -0.2) is 0 Å². The van der Waals surface area contributed by atoms with Gasteiger partial charge in [0.15, 0.2) is 6.29 Å². The summed E-state index contributed by atoms with van der Waals surface area (Å²) in [5.74, 6) is 0. The van der Waals surface area contributed by atoms with Gasteiger partial charge < -0.3 is 23.7 Å². The van der Waals surface area contributed by atoms with E-state index in [-0.39, 0.29) is 30.7 Å². The number of epoxide rings is 1. The number of fused-ring (bicyclic) bond motifs is 1. The van der Waals surface area contributed by atoms with Crippen molar-refractivity contribution in [3.05, 3.63) is 0 Å². The van der Waals surface area contributed by atoms with Crippen molar-refractivity contribution in [3.63, 3.8) is 0 Å². The Morgan fingerprint density at radius 3 is 2.29 bits per heavy atom. The number of ether oxygens (including phenoxy) is 5. The molecule has 0 N–H and O–H groups in total. The molecule has 0 aromatic carbocycles. The average molecular weight is 204 g/mol. The molecule has 2 rings (SSSR count). The van der Waals surface area contributed by atoms with Crippen molar-refractivity contribution in [1.29, 1.82) is 0 Å². The SMILES string of the molecule is COC[C@H]1O[C@@H]2O[C@H]2[C@@H](OC)[C@@H]1OC.